The summed E-state index contributed by atoms with van der Waals surface area (Å²) in [6.45, 7) is 4.10. The van der Waals surface area contributed by atoms with Crippen molar-refractivity contribution in [1.29, 1.82) is 0 Å². The van der Waals surface area contributed by atoms with Gasteiger partial charge in [-0.25, -0.2) is 9.97 Å². The highest BCUT2D eigenvalue weighted by atomic mass is 35.5. The molecule has 1 N–H and O–H groups in total. The Hall–Kier alpha value is -0.870. The van der Waals surface area contributed by atoms with Gasteiger partial charge in [-0.3, -0.25) is 0 Å². The van der Waals surface area contributed by atoms with Crippen LogP contribution in [0.15, 0.2) is 6.07 Å². The van der Waals surface area contributed by atoms with Gasteiger partial charge in [0.25, 0.3) is 0 Å². The Morgan fingerprint density at radius 1 is 1.29 bits per heavy atom. The lowest BCUT2D eigenvalue weighted by Gasteiger charge is -2.31. The fourth-order valence-electron chi connectivity index (χ4n) is 2.96. The van der Waals surface area contributed by atoms with Crippen molar-refractivity contribution >= 4 is 17.4 Å². The standard InChI is InChI=1S/C16H27ClN4/c1-3-15-19-14(17)12-16(20-15)18-10-7-11-21(2)13-8-5-4-6-9-13/h12-13H,3-11H2,1-2H3,(H,18,19,20). The van der Waals surface area contributed by atoms with Gasteiger partial charge in [-0.2, -0.15) is 0 Å². The monoisotopic (exact) mass is 310 g/mol. The number of aryl methyl sites for hydroxylation is 1. The first-order valence-electron chi connectivity index (χ1n) is 8.16. The molecule has 1 aromatic rings. The minimum Gasteiger partial charge on any atom is -0.370 e. The average Bonchev–Trinajstić information content (AvgIpc) is 2.51. The molecule has 0 aromatic carbocycles. The summed E-state index contributed by atoms with van der Waals surface area (Å²) in [5, 5.41) is 3.87. The topological polar surface area (TPSA) is 41.1 Å². The van der Waals surface area contributed by atoms with E-state index in [1.54, 1.807) is 6.07 Å². The summed E-state index contributed by atoms with van der Waals surface area (Å²) in [5.74, 6) is 1.64. The maximum absolute atomic E-state index is 5.99. The normalized spacial score (nSPS) is 16.4. The lowest BCUT2D eigenvalue weighted by Crippen LogP contribution is -2.34. The molecule has 1 saturated carbocycles. The van der Waals surface area contributed by atoms with Crippen LogP contribution in [-0.4, -0.2) is 41.0 Å². The van der Waals surface area contributed by atoms with Crippen molar-refractivity contribution < 1.29 is 0 Å². The summed E-state index contributed by atoms with van der Waals surface area (Å²) in [5.41, 5.74) is 0. The van der Waals surface area contributed by atoms with Crippen LogP contribution in [0.5, 0.6) is 0 Å². The first-order valence-corrected chi connectivity index (χ1v) is 8.54. The number of hydrogen-bond donors (Lipinski definition) is 1. The maximum Gasteiger partial charge on any atom is 0.134 e. The van der Waals surface area contributed by atoms with Gasteiger partial charge in [0.1, 0.15) is 16.8 Å². The zero-order valence-electron chi connectivity index (χ0n) is 13.2. The van der Waals surface area contributed by atoms with Crippen LogP contribution >= 0.6 is 11.6 Å². The Morgan fingerprint density at radius 2 is 2.05 bits per heavy atom. The first kappa shape index (κ1) is 16.5. The van der Waals surface area contributed by atoms with E-state index in [9.17, 15) is 0 Å². The quantitative estimate of drug-likeness (QED) is 0.615. The SMILES string of the molecule is CCc1nc(Cl)cc(NCCCN(C)C2CCCCC2)n1. The highest BCUT2D eigenvalue weighted by Crippen LogP contribution is 2.21. The van der Waals surface area contributed by atoms with Crippen LogP contribution in [0.4, 0.5) is 5.82 Å². The lowest BCUT2D eigenvalue weighted by molar-refractivity contribution is 0.191. The van der Waals surface area contributed by atoms with E-state index >= 15 is 0 Å². The lowest BCUT2D eigenvalue weighted by atomic mass is 9.94. The third kappa shape index (κ3) is 5.44. The predicted octanol–water partition coefficient (Wildman–Crippen LogP) is 3.76. The molecular weight excluding hydrogens is 284 g/mol. The zero-order chi connectivity index (χ0) is 15.1. The average molecular weight is 311 g/mol. The molecule has 2 rings (SSSR count). The summed E-state index contributed by atoms with van der Waals surface area (Å²) in [7, 11) is 2.26. The van der Waals surface area contributed by atoms with Crippen LogP contribution in [0.25, 0.3) is 0 Å². The molecule has 0 atom stereocenters. The Bertz CT molecular complexity index is 432. The summed E-state index contributed by atoms with van der Waals surface area (Å²) >= 11 is 5.99. The number of halogens is 1. The van der Waals surface area contributed by atoms with Crippen molar-refractivity contribution in [3.63, 3.8) is 0 Å². The predicted molar refractivity (Wildman–Crippen MR) is 89.0 cm³/mol. The fraction of sp³-hybridized carbons (Fsp3) is 0.750. The van der Waals surface area contributed by atoms with Crippen molar-refractivity contribution in [2.45, 2.75) is 57.9 Å². The molecule has 0 unspecified atom stereocenters. The van der Waals surface area contributed by atoms with E-state index in [0.717, 1.165) is 43.6 Å². The third-order valence-electron chi connectivity index (χ3n) is 4.25. The fourth-order valence-corrected chi connectivity index (χ4v) is 3.16. The summed E-state index contributed by atoms with van der Waals surface area (Å²) in [6, 6.07) is 2.59. The zero-order valence-corrected chi connectivity index (χ0v) is 14.0. The maximum atomic E-state index is 5.99. The second kappa shape index (κ2) is 8.54. The molecule has 1 aliphatic rings. The van der Waals surface area contributed by atoms with Gasteiger partial charge < -0.3 is 10.2 Å². The molecule has 1 aliphatic carbocycles. The minimum atomic E-state index is 0.517. The van der Waals surface area contributed by atoms with Crippen LogP contribution in [0, 0.1) is 0 Å². The second-order valence-corrected chi connectivity index (χ2v) is 6.29. The van der Waals surface area contributed by atoms with Gasteiger partial charge in [0.15, 0.2) is 0 Å². The van der Waals surface area contributed by atoms with Crippen molar-refractivity contribution in [3.8, 4) is 0 Å². The molecular formula is C16H27ClN4. The molecule has 0 spiro atoms. The number of aromatic nitrogens is 2. The van der Waals surface area contributed by atoms with Crippen LogP contribution < -0.4 is 5.32 Å². The number of anilines is 1. The molecule has 5 heteroatoms. The van der Waals surface area contributed by atoms with Crippen LogP contribution in [0.1, 0.15) is 51.3 Å². The summed E-state index contributed by atoms with van der Waals surface area (Å²) in [4.78, 5) is 11.1. The van der Waals surface area contributed by atoms with Gasteiger partial charge in [0, 0.05) is 25.1 Å². The van der Waals surface area contributed by atoms with Crippen molar-refractivity contribution in [2.24, 2.45) is 0 Å². The van der Waals surface area contributed by atoms with Crippen molar-refractivity contribution in [2.75, 3.05) is 25.5 Å². The minimum absolute atomic E-state index is 0.517. The van der Waals surface area contributed by atoms with Gasteiger partial charge in [-0.1, -0.05) is 37.8 Å². The van der Waals surface area contributed by atoms with Gasteiger partial charge in [-0.05, 0) is 32.9 Å². The molecule has 1 fully saturated rings. The molecule has 118 valence electrons. The Morgan fingerprint density at radius 3 is 2.76 bits per heavy atom. The second-order valence-electron chi connectivity index (χ2n) is 5.90. The van der Waals surface area contributed by atoms with Crippen LogP contribution in [-0.2, 0) is 6.42 Å². The largest absolute Gasteiger partial charge is 0.370 e. The van der Waals surface area contributed by atoms with Crippen molar-refractivity contribution in [3.05, 3.63) is 17.0 Å². The summed E-state index contributed by atoms with van der Waals surface area (Å²) in [6.07, 6.45) is 8.87. The molecule has 21 heavy (non-hydrogen) atoms. The molecule has 4 nitrogen and oxygen atoms in total. The molecule has 0 saturated heterocycles. The van der Waals surface area contributed by atoms with E-state index in [4.69, 9.17) is 11.6 Å². The smallest absolute Gasteiger partial charge is 0.134 e. The Balaban J connectivity index is 1.70. The van der Waals surface area contributed by atoms with Gasteiger partial charge in [-0.15, -0.1) is 0 Å². The highest BCUT2D eigenvalue weighted by Gasteiger charge is 2.17. The highest BCUT2D eigenvalue weighted by molar-refractivity contribution is 6.29. The molecule has 0 aliphatic heterocycles. The van der Waals surface area contributed by atoms with E-state index in [1.807, 2.05) is 6.92 Å². The molecule has 0 radical (unpaired) electrons. The molecule has 0 amide bonds. The van der Waals surface area contributed by atoms with Gasteiger partial charge >= 0.3 is 0 Å². The molecule has 1 heterocycles. The Kier molecular flexibility index (Phi) is 6.71. The van der Waals surface area contributed by atoms with Crippen molar-refractivity contribution in [1.82, 2.24) is 14.9 Å². The number of rotatable bonds is 7. The van der Waals surface area contributed by atoms with E-state index < -0.39 is 0 Å². The van der Waals surface area contributed by atoms with Crippen LogP contribution in [0.3, 0.4) is 0 Å². The van der Waals surface area contributed by atoms with Gasteiger partial charge in [0.05, 0.1) is 0 Å². The first-order chi connectivity index (χ1) is 10.2. The number of hydrogen-bond acceptors (Lipinski definition) is 4. The van der Waals surface area contributed by atoms with Gasteiger partial charge in [0.2, 0.25) is 0 Å². The van der Waals surface area contributed by atoms with E-state index in [0.29, 0.717) is 5.15 Å². The number of nitrogens with one attached hydrogen (secondary N) is 1. The number of nitrogens with zero attached hydrogens (tertiary/aromatic N) is 3. The van der Waals surface area contributed by atoms with E-state index in [2.05, 4.69) is 27.2 Å². The van der Waals surface area contributed by atoms with Crippen LogP contribution in [0.2, 0.25) is 5.15 Å². The third-order valence-corrected chi connectivity index (χ3v) is 4.44. The van der Waals surface area contributed by atoms with E-state index in [1.165, 1.54) is 32.1 Å². The molecule has 0 bridgehead atoms. The summed E-state index contributed by atoms with van der Waals surface area (Å²) < 4.78 is 0. The molecule has 1 aromatic heterocycles. The van der Waals surface area contributed by atoms with E-state index in [-0.39, 0.29) is 0 Å². The Labute approximate surface area is 133 Å².